The zero-order valence-electron chi connectivity index (χ0n) is 22.9. The second kappa shape index (κ2) is 10.2. The summed E-state index contributed by atoms with van der Waals surface area (Å²) in [5.74, 6) is 0.496. The summed E-state index contributed by atoms with van der Waals surface area (Å²) in [7, 11) is 0. The van der Waals surface area contributed by atoms with Crippen LogP contribution in [0.3, 0.4) is 0 Å². The molecule has 37 heavy (non-hydrogen) atoms. The van der Waals surface area contributed by atoms with Gasteiger partial charge in [-0.15, -0.1) is 0 Å². The van der Waals surface area contributed by atoms with Gasteiger partial charge in [-0.2, -0.15) is 0 Å². The van der Waals surface area contributed by atoms with Gasteiger partial charge in [0.2, 0.25) is 5.85 Å². The van der Waals surface area contributed by atoms with E-state index in [0.717, 1.165) is 62.4 Å². The van der Waals surface area contributed by atoms with E-state index in [-0.39, 0.29) is 0 Å². The van der Waals surface area contributed by atoms with Crippen LogP contribution < -0.4 is 16.0 Å². The number of carbonyl (C=O) groups excluding carboxylic acids is 1. The van der Waals surface area contributed by atoms with Gasteiger partial charge in [0.25, 0.3) is 0 Å². The quantitative estimate of drug-likeness (QED) is 0.446. The van der Waals surface area contributed by atoms with Gasteiger partial charge in [0.1, 0.15) is 5.60 Å². The molecule has 0 bridgehead atoms. The van der Waals surface area contributed by atoms with Crippen molar-refractivity contribution in [3.05, 3.63) is 53.1 Å². The van der Waals surface area contributed by atoms with Gasteiger partial charge >= 0.3 is 6.09 Å². The van der Waals surface area contributed by atoms with Crippen LogP contribution in [0.2, 0.25) is 0 Å². The second-order valence-corrected chi connectivity index (χ2v) is 11.9. The minimum Gasteiger partial charge on any atom is -0.444 e. The molecular weight excluding hydrogens is 464 g/mol. The molecule has 2 atom stereocenters. The fourth-order valence-corrected chi connectivity index (χ4v) is 6.15. The first-order valence-corrected chi connectivity index (χ1v) is 13.8. The molecule has 1 fully saturated rings. The number of likely N-dealkylation sites (tertiary alicyclic amines) is 1. The van der Waals surface area contributed by atoms with Gasteiger partial charge in [0, 0.05) is 24.8 Å². The number of rotatable bonds is 6. The maximum absolute atomic E-state index is 12.2. The number of benzene rings is 2. The topological polar surface area (TPSA) is 74.9 Å². The van der Waals surface area contributed by atoms with Crippen LogP contribution in [0.5, 0.6) is 0 Å². The second-order valence-electron chi connectivity index (χ2n) is 11.9. The third-order valence-corrected chi connectivity index (χ3v) is 7.74. The van der Waals surface area contributed by atoms with Crippen LogP contribution in [0.4, 0.5) is 21.9 Å². The fourth-order valence-electron chi connectivity index (χ4n) is 6.15. The maximum Gasteiger partial charge on any atom is 0.412 e. The summed E-state index contributed by atoms with van der Waals surface area (Å²) in [4.78, 5) is 14.8. The highest BCUT2D eigenvalue weighted by Crippen LogP contribution is 2.42. The number of amides is 1. The largest absolute Gasteiger partial charge is 0.444 e. The van der Waals surface area contributed by atoms with Crippen molar-refractivity contribution in [2.45, 2.75) is 71.8 Å². The van der Waals surface area contributed by atoms with Crippen LogP contribution in [-0.4, -0.2) is 48.7 Å². The van der Waals surface area contributed by atoms with E-state index < -0.39 is 17.5 Å². The Kier molecular flexibility index (Phi) is 7.12. The molecule has 2 heterocycles. The normalized spacial score (nSPS) is 23.6. The molecule has 2 aliphatic heterocycles. The number of ether oxygens (including phenoxy) is 2. The molecule has 200 valence electrons. The molecule has 1 amide bonds. The molecule has 7 nitrogen and oxygen atoms in total. The Morgan fingerprint density at radius 1 is 1.05 bits per heavy atom. The summed E-state index contributed by atoms with van der Waals surface area (Å²) in [5.41, 5.74) is 6.57. The molecule has 7 heteroatoms. The average molecular weight is 507 g/mol. The predicted octanol–water partition coefficient (Wildman–Crippen LogP) is 6.00. The highest BCUT2D eigenvalue weighted by molar-refractivity contribution is 5.85. The van der Waals surface area contributed by atoms with Gasteiger partial charge in [0.15, 0.2) is 0 Å². The third kappa shape index (κ3) is 5.88. The van der Waals surface area contributed by atoms with E-state index in [1.807, 2.05) is 26.8 Å². The third-order valence-electron chi connectivity index (χ3n) is 7.74. The van der Waals surface area contributed by atoms with Gasteiger partial charge in [-0.25, -0.2) is 4.79 Å². The zero-order valence-corrected chi connectivity index (χ0v) is 22.9. The molecule has 1 saturated heterocycles. The van der Waals surface area contributed by atoms with Crippen LogP contribution in [0.25, 0.3) is 0 Å². The number of hydrogen-bond acceptors (Lipinski definition) is 6. The molecule has 3 N–H and O–H groups in total. The molecule has 0 aromatic heterocycles. The minimum absolute atomic E-state index is 0.402. The Morgan fingerprint density at radius 2 is 1.78 bits per heavy atom. The average Bonchev–Trinajstić information content (AvgIpc) is 3.38. The van der Waals surface area contributed by atoms with Crippen molar-refractivity contribution in [3.63, 3.8) is 0 Å². The summed E-state index contributed by atoms with van der Waals surface area (Å²) in [6.07, 6.45) is 3.94. The van der Waals surface area contributed by atoms with Crippen molar-refractivity contribution < 1.29 is 14.3 Å². The smallest absolute Gasteiger partial charge is 0.412 e. The number of nitrogens with one attached hydrogen (secondary N) is 3. The molecular formula is C30H42N4O3. The first kappa shape index (κ1) is 25.9. The molecule has 3 aliphatic rings. The lowest BCUT2D eigenvalue weighted by molar-refractivity contribution is -0.0547. The van der Waals surface area contributed by atoms with Gasteiger partial charge in [-0.05, 0) is 120 Å². The van der Waals surface area contributed by atoms with Crippen molar-refractivity contribution in [3.8, 4) is 0 Å². The first-order valence-electron chi connectivity index (χ1n) is 13.8. The Hall–Kier alpha value is -2.77. The summed E-state index contributed by atoms with van der Waals surface area (Å²) in [6, 6.07) is 12.8. The highest BCUT2D eigenvalue weighted by atomic mass is 16.6. The first-order chi connectivity index (χ1) is 17.6. The summed E-state index contributed by atoms with van der Waals surface area (Å²) < 4.78 is 11.7. The van der Waals surface area contributed by atoms with E-state index >= 15 is 0 Å². The molecule has 2 aromatic carbocycles. The summed E-state index contributed by atoms with van der Waals surface area (Å²) in [5, 5.41) is 10.3. The van der Waals surface area contributed by atoms with Crippen molar-refractivity contribution in [1.29, 1.82) is 0 Å². The Balaban J connectivity index is 1.14. The van der Waals surface area contributed by atoms with Crippen LogP contribution in [0.15, 0.2) is 36.4 Å². The monoisotopic (exact) mass is 506 g/mol. The molecule has 0 saturated carbocycles. The molecule has 1 unspecified atom stereocenters. The Morgan fingerprint density at radius 3 is 2.51 bits per heavy atom. The number of nitrogens with zero attached hydrogens (tertiary/aromatic N) is 1. The number of hydrogen-bond donors (Lipinski definition) is 3. The summed E-state index contributed by atoms with van der Waals surface area (Å²) >= 11 is 0. The lowest BCUT2D eigenvalue weighted by Crippen LogP contribution is -2.55. The minimum atomic E-state index is -0.516. The SMILES string of the molecule is CCOC1(C2CCN(C[C@H]3Cc4ccc(NC(=O)OC(C)(C)C)cc4C3)CC2)Nc2ccc(C)cc2N1. The van der Waals surface area contributed by atoms with Crippen molar-refractivity contribution in [2.24, 2.45) is 11.8 Å². The number of fused-ring (bicyclic) bond motifs is 2. The van der Waals surface area contributed by atoms with E-state index in [1.54, 1.807) is 0 Å². The van der Waals surface area contributed by atoms with E-state index in [9.17, 15) is 4.79 Å². The van der Waals surface area contributed by atoms with Crippen molar-refractivity contribution in [2.75, 3.05) is 42.2 Å². The standard InChI is InChI=1S/C30H42N4O3/c1-6-36-30(32-26-10-7-20(2)15-27(26)33-30)24-11-13-34(14-12-24)19-21-16-22-8-9-25(18-23(22)17-21)31-28(35)37-29(3,4)5/h7-10,15,18,21,24,32-33H,6,11-14,16-17,19H2,1-5H3,(H,31,35)/t21-,30?/m0/s1. The van der Waals surface area contributed by atoms with Crippen LogP contribution >= 0.6 is 0 Å². The molecule has 0 radical (unpaired) electrons. The molecule has 2 aromatic rings. The van der Waals surface area contributed by atoms with E-state index in [4.69, 9.17) is 9.47 Å². The van der Waals surface area contributed by atoms with Gasteiger partial charge < -0.3 is 25.0 Å². The van der Waals surface area contributed by atoms with Gasteiger partial charge in [-0.1, -0.05) is 12.1 Å². The number of anilines is 3. The maximum atomic E-state index is 12.2. The van der Waals surface area contributed by atoms with Crippen LogP contribution in [-0.2, 0) is 22.3 Å². The summed E-state index contributed by atoms with van der Waals surface area (Å²) in [6.45, 7) is 13.8. The van der Waals surface area contributed by atoms with Crippen LogP contribution in [0.1, 0.15) is 57.2 Å². The lowest BCUT2D eigenvalue weighted by atomic mass is 9.90. The Labute approximate surface area is 221 Å². The van der Waals surface area contributed by atoms with E-state index in [2.05, 4.69) is 65.0 Å². The Bertz CT molecular complexity index is 1140. The molecule has 0 spiro atoms. The van der Waals surface area contributed by atoms with E-state index in [0.29, 0.717) is 18.4 Å². The number of piperidine rings is 1. The fraction of sp³-hybridized carbons (Fsp3) is 0.567. The predicted molar refractivity (Wildman–Crippen MR) is 149 cm³/mol. The van der Waals surface area contributed by atoms with Crippen molar-refractivity contribution in [1.82, 2.24) is 4.90 Å². The highest BCUT2D eigenvalue weighted by Gasteiger charge is 2.45. The van der Waals surface area contributed by atoms with Crippen molar-refractivity contribution >= 4 is 23.2 Å². The van der Waals surface area contributed by atoms with Crippen LogP contribution in [0, 0.1) is 18.8 Å². The molecule has 5 rings (SSSR count). The van der Waals surface area contributed by atoms with Gasteiger partial charge in [-0.3, -0.25) is 5.32 Å². The zero-order chi connectivity index (χ0) is 26.2. The molecule has 1 aliphatic carbocycles. The van der Waals surface area contributed by atoms with E-state index in [1.165, 1.54) is 16.7 Å². The van der Waals surface area contributed by atoms with Gasteiger partial charge in [0.05, 0.1) is 11.4 Å². The number of aryl methyl sites for hydroxylation is 1. The number of carbonyl (C=O) groups is 1. The lowest BCUT2D eigenvalue weighted by Gasteiger charge is -2.43.